The Bertz CT molecular complexity index is 251. The van der Waals surface area contributed by atoms with E-state index in [0.29, 0.717) is 0 Å². The molecule has 74 valence electrons. The molecule has 1 aliphatic rings. The Hall–Kier alpha value is -0.343. The Morgan fingerprint density at radius 2 is 2.23 bits per heavy atom. The summed E-state index contributed by atoms with van der Waals surface area (Å²) >= 11 is 0. The first-order valence-electron chi connectivity index (χ1n) is 4.93. The highest BCUT2D eigenvalue weighted by molar-refractivity contribution is 6.71. The lowest BCUT2D eigenvalue weighted by molar-refractivity contribution is 0.255. The summed E-state index contributed by atoms with van der Waals surface area (Å²) < 4.78 is 6.14. The van der Waals surface area contributed by atoms with Gasteiger partial charge >= 0.3 is 0 Å². The van der Waals surface area contributed by atoms with Crippen LogP contribution in [0, 0.1) is 0 Å². The van der Waals surface area contributed by atoms with Gasteiger partial charge in [0.2, 0.25) is 0 Å². The lowest BCUT2D eigenvalue weighted by Crippen LogP contribution is -2.39. The van der Waals surface area contributed by atoms with Gasteiger partial charge in [0.05, 0.1) is 6.10 Å². The molecule has 1 aliphatic heterocycles. The van der Waals surface area contributed by atoms with E-state index in [1.165, 1.54) is 11.1 Å². The molecular formula is C11H20OSi. The predicted octanol–water partition coefficient (Wildman–Crippen LogP) is 3.50. The van der Waals surface area contributed by atoms with Crippen molar-refractivity contribution >= 4 is 8.32 Å². The van der Waals surface area contributed by atoms with Crippen LogP contribution >= 0.6 is 0 Å². The molecule has 0 aromatic rings. The van der Waals surface area contributed by atoms with Gasteiger partial charge in [-0.2, -0.15) is 0 Å². The van der Waals surface area contributed by atoms with Gasteiger partial charge in [-0.1, -0.05) is 12.2 Å². The third kappa shape index (κ3) is 2.55. The fraction of sp³-hybridized carbons (Fsp3) is 0.636. The number of rotatable bonds is 1. The zero-order valence-electron chi connectivity index (χ0n) is 9.35. The van der Waals surface area contributed by atoms with Gasteiger partial charge in [0.15, 0.2) is 8.32 Å². The minimum atomic E-state index is -1.39. The molecule has 0 aromatic heterocycles. The Morgan fingerprint density at radius 1 is 1.62 bits per heavy atom. The van der Waals surface area contributed by atoms with Crippen molar-refractivity contribution in [3.8, 4) is 0 Å². The Labute approximate surface area is 82.6 Å². The number of allylic oxidation sites excluding steroid dienone is 2. The lowest BCUT2D eigenvalue weighted by atomic mass is 10.0. The molecule has 13 heavy (non-hydrogen) atoms. The normalized spacial score (nSPS) is 28.5. The smallest absolute Gasteiger partial charge is 0.191 e. The maximum Gasteiger partial charge on any atom is 0.191 e. The topological polar surface area (TPSA) is 9.23 Å². The van der Waals surface area contributed by atoms with E-state index in [1.807, 2.05) is 0 Å². The summed E-state index contributed by atoms with van der Waals surface area (Å²) in [6, 6.07) is 1.16. The lowest BCUT2D eigenvalue weighted by Gasteiger charge is -2.34. The summed E-state index contributed by atoms with van der Waals surface area (Å²) in [6.45, 7) is 11.0. The zero-order valence-corrected chi connectivity index (χ0v) is 10.3. The van der Waals surface area contributed by atoms with Crippen molar-refractivity contribution in [1.29, 1.82) is 0 Å². The van der Waals surface area contributed by atoms with Gasteiger partial charge in [0.1, 0.15) is 0 Å². The SMILES string of the molecule is C/C=C(\C)C1O[Si](C)(C)CC=C1C. The summed E-state index contributed by atoms with van der Waals surface area (Å²) in [7, 11) is -1.39. The van der Waals surface area contributed by atoms with E-state index in [4.69, 9.17) is 4.43 Å². The Kier molecular flexibility index (Phi) is 3.14. The minimum Gasteiger partial charge on any atom is -0.407 e. The molecule has 0 bridgehead atoms. The molecule has 2 heteroatoms. The van der Waals surface area contributed by atoms with Crippen molar-refractivity contribution in [2.45, 2.75) is 46.0 Å². The molecule has 0 saturated carbocycles. The largest absolute Gasteiger partial charge is 0.407 e. The van der Waals surface area contributed by atoms with E-state index in [0.717, 1.165) is 6.04 Å². The monoisotopic (exact) mass is 196 g/mol. The molecule has 1 atom stereocenters. The van der Waals surface area contributed by atoms with Crippen LogP contribution < -0.4 is 0 Å². The van der Waals surface area contributed by atoms with Crippen LogP contribution in [0.2, 0.25) is 19.1 Å². The van der Waals surface area contributed by atoms with Gasteiger partial charge in [-0.15, -0.1) is 0 Å². The predicted molar refractivity (Wildman–Crippen MR) is 60.4 cm³/mol. The summed E-state index contributed by atoms with van der Waals surface area (Å²) in [5.41, 5.74) is 2.72. The van der Waals surface area contributed by atoms with E-state index < -0.39 is 8.32 Å². The molecule has 0 fully saturated rings. The molecule has 0 aromatic carbocycles. The molecule has 1 heterocycles. The average Bonchev–Trinajstić information content (AvgIpc) is 2.08. The second-order valence-electron chi connectivity index (χ2n) is 4.44. The summed E-state index contributed by atoms with van der Waals surface area (Å²) in [5.74, 6) is 0. The third-order valence-corrected chi connectivity index (χ3v) is 4.70. The van der Waals surface area contributed by atoms with Crippen molar-refractivity contribution in [2.24, 2.45) is 0 Å². The van der Waals surface area contributed by atoms with Gasteiger partial charge in [0.25, 0.3) is 0 Å². The molecule has 0 aliphatic carbocycles. The van der Waals surface area contributed by atoms with E-state index in [9.17, 15) is 0 Å². The van der Waals surface area contributed by atoms with Crippen molar-refractivity contribution in [2.75, 3.05) is 0 Å². The highest BCUT2D eigenvalue weighted by atomic mass is 28.4. The zero-order chi connectivity index (χ0) is 10.1. The second kappa shape index (κ2) is 3.80. The fourth-order valence-corrected chi connectivity index (χ4v) is 3.50. The first-order valence-corrected chi connectivity index (χ1v) is 8.05. The van der Waals surface area contributed by atoms with Gasteiger partial charge in [-0.25, -0.2) is 0 Å². The van der Waals surface area contributed by atoms with Crippen LogP contribution in [0.4, 0.5) is 0 Å². The third-order valence-electron chi connectivity index (χ3n) is 2.63. The van der Waals surface area contributed by atoms with Crippen LogP contribution in [0.15, 0.2) is 23.3 Å². The minimum absolute atomic E-state index is 0.264. The highest BCUT2D eigenvalue weighted by Gasteiger charge is 2.30. The molecule has 0 spiro atoms. The maximum atomic E-state index is 6.14. The molecule has 1 unspecified atom stereocenters. The molecule has 0 saturated heterocycles. The van der Waals surface area contributed by atoms with Crippen LogP contribution in [0.1, 0.15) is 20.8 Å². The summed E-state index contributed by atoms with van der Waals surface area (Å²) in [4.78, 5) is 0. The van der Waals surface area contributed by atoms with Gasteiger partial charge < -0.3 is 4.43 Å². The number of hydrogen-bond acceptors (Lipinski definition) is 1. The van der Waals surface area contributed by atoms with E-state index in [1.54, 1.807) is 0 Å². The van der Waals surface area contributed by atoms with E-state index in [-0.39, 0.29) is 6.10 Å². The first kappa shape index (κ1) is 10.7. The average molecular weight is 196 g/mol. The van der Waals surface area contributed by atoms with E-state index in [2.05, 4.69) is 46.0 Å². The Balaban J connectivity index is 2.86. The maximum absolute atomic E-state index is 6.14. The van der Waals surface area contributed by atoms with Crippen LogP contribution in [0.5, 0.6) is 0 Å². The first-order chi connectivity index (χ1) is 5.96. The molecule has 0 radical (unpaired) electrons. The quantitative estimate of drug-likeness (QED) is 0.461. The van der Waals surface area contributed by atoms with Crippen LogP contribution in [-0.2, 0) is 4.43 Å². The molecule has 0 amide bonds. The molecular weight excluding hydrogens is 176 g/mol. The van der Waals surface area contributed by atoms with Crippen molar-refractivity contribution in [3.63, 3.8) is 0 Å². The second-order valence-corrected chi connectivity index (χ2v) is 8.61. The van der Waals surface area contributed by atoms with Crippen molar-refractivity contribution in [1.82, 2.24) is 0 Å². The molecule has 1 rings (SSSR count). The standard InChI is InChI=1S/C11H20OSi/c1-6-9(2)11-10(3)7-8-13(4,5)12-11/h6-7,11H,8H2,1-5H3/b9-6+. The summed E-state index contributed by atoms with van der Waals surface area (Å²) in [5, 5.41) is 0. The van der Waals surface area contributed by atoms with E-state index >= 15 is 0 Å². The van der Waals surface area contributed by atoms with Crippen molar-refractivity contribution < 1.29 is 4.43 Å². The molecule has 1 nitrogen and oxygen atoms in total. The van der Waals surface area contributed by atoms with Crippen LogP contribution in [0.25, 0.3) is 0 Å². The van der Waals surface area contributed by atoms with Gasteiger partial charge in [-0.05, 0) is 51.1 Å². The fourth-order valence-electron chi connectivity index (χ4n) is 1.58. The van der Waals surface area contributed by atoms with Gasteiger partial charge in [0, 0.05) is 0 Å². The highest BCUT2D eigenvalue weighted by Crippen LogP contribution is 2.28. The Morgan fingerprint density at radius 3 is 2.77 bits per heavy atom. The number of hydrogen-bond donors (Lipinski definition) is 0. The molecule has 0 N–H and O–H groups in total. The van der Waals surface area contributed by atoms with Gasteiger partial charge in [-0.3, -0.25) is 0 Å². The van der Waals surface area contributed by atoms with Crippen LogP contribution in [-0.4, -0.2) is 14.4 Å². The van der Waals surface area contributed by atoms with Crippen molar-refractivity contribution in [3.05, 3.63) is 23.3 Å². The summed E-state index contributed by atoms with van der Waals surface area (Å²) in [6.07, 6.45) is 4.77. The van der Waals surface area contributed by atoms with Crippen LogP contribution in [0.3, 0.4) is 0 Å².